The molecule has 6 aromatic rings. The Balaban J connectivity index is 0.776. The Morgan fingerprint density at radius 2 is 1.65 bits per heavy atom. The quantitative estimate of drug-likeness (QED) is 0.0587. The van der Waals surface area contributed by atoms with Crippen LogP contribution in [0.3, 0.4) is 0 Å². The molecule has 3 aromatic heterocycles. The molecule has 0 saturated carbocycles. The van der Waals surface area contributed by atoms with Gasteiger partial charge in [-0.05, 0) is 65.4 Å². The van der Waals surface area contributed by atoms with Crippen molar-refractivity contribution in [3.05, 3.63) is 125 Å². The molecule has 2 saturated heterocycles. The SMILES string of the molecule is COc1cccc(F)c1-c1nccc(C(=O)Nc2ccc(-c3cnccc3C#N)cc2N2CCN(C(=O)CCOCCOCCC(=O)N[C@H](C(=O)N3C[C@H](O)C[C@H]3C(=O)NCc3ccc(-c4scnc4C)cc3)C(C)(C)C)CC2)n1. The summed E-state index contributed by atoms with van der Waals surface area (Å²) < 4.78 is 31.7. The molecule has 80 heavy (non-hydrogen) atoms. The molecule has 3 atom stereocenters. The van der Waals surface area contributed by atoms with Crippen molar-refractivity contribution in [1.29, 1.82) is 5.26 Å². The molecule has 0 bridgehead atoms. The first-order valence-corrected chi connectivity index (χ1v) is 27.1. The second kappa shape index (κ2) is 26.6. The van der Waals surface area contributed by atoms with Gasteiger partial charge in [-0.2, -0.15) is 5.26 Å². The van der Waals surface area contributed by atoms with E-state index in [1.807, 2.05) is 62.9 Å². The van der Waals surface area contributed by atoms with Crippen molar-refractivity contribution in [2.45, 2.75) is 71.7 Å². The van der Waals surface area contributed by atoms with Crippen molar-refractivity contribution in [3.63, 3.8) is 0 Å². The number of amides is 5. The number of aliphatic hydroxyl groups excluding tert-OH is 1. The maximum absolute atomic E-state index is 15.0. The smallest absolute Gasteiger partial charge is 0.274 e. The van der Waals surface area contributed by atoms with E-state index in [1.54, 1.807) is 52.2 Å². The number of piperazine rings is 1. The number of likely N-dealkylation sites (tertiary alicyclic amines) is 1. The van der Waals surface area contributed by atoms with Crippen molar-refractivity contribution in [3.8, 4) is 44.8 Å². The highest BCUT2D eigenvalue weighted by Gasteiger charge is 2.44. The Morgan fingerprint density at radius 1 is 0.912 bits per heavy atom. The van der Waals surface area contributed by atoms with Gasteiger partial charge in [0.15, 0.2) is 5.82 Å². The van der Waals surface area contributed by atoms with Crippen LogP contribution in [-0.2, 0) is 35.2 Å². The Bertz CT molecular complexity index is 3230. The number of carbonyl (C=O) groups excluding carboxylic acids is 5. The number of methoxy groups -OCH3 is 1. The number of β-amino-alcohol motifs (C(OH)–C–C–N with tert-alkyl or cyclic N) is 1. The molecule has 2 fully saturated rings. The molecule has 5 amide bonds. The molecule has 4 N–H and O–H groups in total. The topological polar surface area (TPSA) is 254 Å². The molecule has 0 spiro atoms. The lowest BCUT2D eigenvalue weighted by molar-refractivity contribution is -0.144. The molecule has 2 aliphatic rings. The molecule has 418 valence electrons. The number of pyridine rings is 1. The van der Waals surface area contributed by atoms with Gasteiger partial charge in [0.05, 0.1) is 90.7 Å². The largest absolute Gasteiger partial charge is 0.496 e. The van der Waals surface area contributed by atoms with Gasteiger partial charge in [0, 0.05) is 76.3 Å². The van der Waals surface area contributed by atoms with Crippen molar-refractivity contribution < 1.29 is 47.7 Å². The van der Waals surface area contributed by atoms with Crippen molar-refractivity contribution in [2.75, 3.05) is 76.5 Å². The number of ether oxygens (including phenoxy) is 3. The van der Waals surface area contributed by atoms with E-state index >= 15 is 0 Å². The van der Waals surface area contributed by atoms with Gasteiger partial charge in [-0.1, -0.05) is 57.2 Å². The molecular formula is C58H64FN11O9S. The molecule has 2 aliphatic heterocycles. The molecule has 5 heterocycles. The zero-order valence-corrected chi connectivity index (χ0v) is 46.1. The number of aryl methyl sites for hydroxylation is 1. The van der Waals surface area contributed by atoms with Gasteiger partial charge in [0.2, 0.25) is 23.6 Å². The van der Waals surface area contributed by atoms with Crippen LogP contribution in [0.15, 0.2) is 96.9 Å². The van der Waals surface area contributed by atoms with Crippen LogP contribution in [0, 0.1) is 29.5 Å². The van der Waals surface area contributed by atoms with Gasteiger partial charge in [-0.15, -0.1) is 11.3 Å². The molecule has 0 aliphatic carbocycles. The highest BCUT2D eigenvalue weighted by Crippen LogP contribution is 2.35. The van der Waals surface area contributed by atoms with Crippen LogP contribution in [0.2, 0.25) is 0 Å². The van der Waals surface area contributed by atoms with Crippen molar-refractivity contribution in [1.82, 2.24) is 40.4 Å². The van der Waals surface area contributed by atoms with Crippen LogP contribution in [0.25, 0.3) is 33.0 Å². The number of nitrogens with one attached hydrogen (secondary N) is 3. The fraction of sp³-hybridized carbons (Fsp3) is 0.379. The van der Waals surface area contributed by atoms with E-state index in [4.69, 9.17) is 14.2 Å². The lowest BCUT2D eigenvalue weighted by Gasteiger charge is -2.37. The van der Waals surface area contributed by atoms with E-state index in [2.05, 4.69) is 42.0 Å². The Hall–Kier alpha value is -8.23. The van der Waals surface area contributed by atoms with Crippen LogP contribution >= 0.6 is 11.3 Å². The highest BCUT2D eigenvalue weighted by molar-refractivity contribution is 7.13. The molecule has 3 aromatic carbocycles. The Morgan fingerprint density at radius 3 is 2.35 bits per heavy atom. The predicted molar refractivity (Wildman–Crippen MR) is 298 cm³/mol. The molecular weight excluding hydrogens is 1050 g/mol. The first kappa shape index (κ1) is 57.9. The number of carbonyl (C=O) groups is 5. The van der Waals surface area contributed by atoms with Crippen LogP contribution in [0.5, 0.6) is 5.75 Å². The highest BCUT2D eigenvalue weighted by atomic mass is 32.1. The van der Waals surface area contributed by atoms with Gasteiger partial charge in [0.25, 0.3) is 5.91 Å². The minimum absolute atomic E-state index is 0.0158. The Kier molecular flexibility index (Phi) is 19.3. The maximum atomic E-state index is 15.0. The monoisotopic (exact) mass is 1110 g/mol. The maximum Gasteiger partial charge on any atom is 0.274 e. The summed E-state index contributed by atoms with van der Waals surface area (Å²) in [6.07, 6.45) is 3.76. The van der Waals surface area contributed by atoms with Gasteiger partial charge in [0.1, 0.15) is 29.3 Å². The summed E-state index contributed by atoms with van der Waals surface area (Å²) in [5.74, 6) is -2.38. The van der Waals surface area contributed by atoms with Gasteiger partial charge in [-0.25, -0.2) is 19.3 Å². The number of hydrogen-bond acceptors (Lipinski definition) is 16. The van der Waals surface area contributed by atoms with Crippen molar-refractivity contribution >= 4 is 52.2 Å². The normalized spacial score (nSPS) is 15.7. The van der Waals surface area contributed by atoms with Crippen molar-refractivity contribution in [2.24, 2.45) is 5.41 Å². The number of nitrogens with zero attached hydrogens (tertiary/aromatic N) is 8. The summed E-state index contributed by atoms with van der Waals surface area (Å²) in [5, 5.41) is 29.2. The minimum Gasteiger partial charge on any atom is -0.496 e. The molecule has 8 rings (SSSR count). The summed E-state index contributed by atoms with van der Waals surface area (Å²) >= 11 is 1.56. The van der Waals surface area contributed by atoms with Gasteiger partial charge in [-0.3, -0.25) is 29.0 Å². The first-order valence-electron chi connectivity index (χ1n) is 26.2. The van der Waals surface area contributed by atoms with Crippen LogP contribution in [-0.4, -0.2) is 149 Å². The number of aromatic nitrogens is 4. The Labute approximate surface area is 467 Å². The molecule has 22 heteroatoms. The summed E-state index contributed by atoms with van der Waals surface area (Å²) in [7, 11) is 1.40. The summed E-state index contributed by atoms with van der Waals surface area (Å²) in [6, 6.07) is 20.9. The third-order valence-electron chi connectivity index (χ3n) is 13.8. The fourth-order valence-electron chi connectivity index (χ4n) is 9.49. The third kappa shape index (κ3) is 14.3. The van der Waals surface area contributed by atoms with E-state index in [9.17, 15) is 38.7 Å². The number of aliphatic hydroxyl groups is 1. The number of rotatable bonds is 21. The second-order valence-corrected chi connectivity index (χ2v) is 21.2. The average Bonchev–Trinajstić information content (AvgIpc) is 4.12. The zero-order chi connectivity index (χ0) is 56.9. The van der Waals surface area contributed by atoms with E-state index in [1.165, 1.54) is 42.6 Å². The standard InChI is InChI=1S/C58H64FN11O9S/c1-36-52(80-35-64-36)38-11-9-37(10-12-38)32-63-56(75)47-30-41(71)34-70(47)57(76)53(58(2,3)4)67-49(72)17-25-78-27-28-79-26-18-50(73)69-23-21-68(22-24-69)46-29-39(42-33-61-19-15-40(42)31-60)13-14-44(46)66-55(74)45-16-20-62-54(65-45)51-43(59)7-6-8-48(51)77-5/h6-16,19-20,29,33,35,41,47,53,71H,17-18,21-28,30,32,34H2,1-5H3,(H,63,75)(H,66,74)(H,67,72)/t41-,47+,53-/m1/s1. The molecule has 0 unspecified atom stereocenters. The van der Waals surface area contributed by atoms with E-state index < -0.39 is 53.0 Å². The van der Waals surface area contributed by atoms with Gasteiger partial charge >= 0.3 is 0 Å². The van der Waals surface area contributed by atoms with E-state index in [0.717, 1.165) is 21.7 Å². The average molecular weight is 1110 g/mol. The lowest BCUT2D eigenvalue weighted by Crippen LogP contribution is -2.57. The van der Waals surface area contributed by atoms with Crippen LogP contribution in [0.4, 0.5) is 15.8 Å². The number of benzene rings is 3. The third-order valence-corrected chi connectivity index (χ3v) is 14.8. The lowest BCUT2D eigenvalue weighted by atomic mass is 9.85. The minimum atomic E-state index is -0.985. The number of anilines is 2. The molecule has 20 nitrogen and oxygen atoms in total. The molecule has 0 radical (unpaired) electrons. The summed E-state index contributed by atoms with van der Waals surface area (Å²) in [4.78, 5) is 91.3. The van der Waals surface area contributed by atoms with Gasteiger partial charge < -0.3 is 50.0 Å². The van der Waals surface area contributed by atoms with Crippen LogP contribution in [0.1, 0.15) is 67.3 Å². The summed E-state index contributed by atoms with van der Waals surface area (Å²) in [6.45, 7) is 9.70. The first-order chi connectivity index (χ1) is 38.5. The zero-order valence-electron chi connectivity index (χ0n) is 45.2. The number of halogens is 1. The van der Waals surface area contributed by atoms with E-state index in [-0.39, 0.29) is 87.5 Å². The predicted octanol–water partition coefficient (Wildman–Crippen LogP) is 6.18. The van der Waals surface area contributed by atoms with E-state index in [0.29, 0.717) is 54.2 Å². The number of thiazole rings is 1. The number of nitriles is 1. The summed E-state index contributed by atoms with van der Waals surface area (Å²) in [5.41, 5.74) is 6.72. The van der Waals surface area contributed by atoms with Crippen LogP contribution < -0.4 is 25.6 Å². The number of hydrogen-bond donors (Lipinski definition) is 4. The second-order valence-electron chi connectivity index (χ2n) is 20.3. The fourth-order valence-corrected chi connectivity index (χ4v) is 10.3.